The highest BCUT2D eigenvalue weighted by Crippen LogP contribution is 2.36. The van der Waals surface area contributed by atoms with Gasteiger partial charge in [-0.05, 0) is 6.07 Å². The third-order valence-corrected chi connectivity index (χ3v) is 2.97. The molecule has 0 amide bonds. The molecule has 2 heterocycles. The number of rotatable bonds is 3. The van der Waals surface area contributed by atoms with Gasteiger partial charge in [0.15, 0.2) is 0 Å². The number of oxazole rings is 1. The summed E-state index contributed by atoms with van der Waals surface area (Å²) >= 11 is 0. The molecule has 0 bridgehead atoms. The molecular weight excluding hydrogens is 274 g/mol. The van der Waals surface area contributed by atoms with Gasteiger partial charge < -0.3 is 13.9 Å². The van der Waals surface area contributed by atoms with E-state index in [9.17, 15) is 4.79 Å². The molecule has 3 rings (SSSR count). The van der Waals surface area contributed by atoms with E-state index in [4.69, 9.17) is 13.9 Å². The number of benzene rings is 1. The smallest absolute Gasteiger partial charge is 0.343 e. The second-order valence-corrected chi connectivity index (χ2v) is 4.09. The van der Waals surface area contributed by atoms with Gasteiger partial charge in [0.2, 0.25) is 5.89 Å². The minimum atomic E-state index is -0.564. The SMILES string of the molecule is COC(=O)c1c(OC)c(-c2ncco2)cc2nccnc12. The number of esters is 1. The second-order valence-electron chi connectivity index (χ2n) is 4.09. The average molecular weight is 285 g/mol. The van der Waals surface area contributed by atoms with Crippen LogP contribution in [0.1, 0.15) is 10.4 Å². The molecule has 0 saturated heterocycles. The van der Waals surface area contributed by atoms with Gasteiger partial charge >= 0.3 is 5.97 Å². The molecule has 2 aromatic heterocycles. The van der Waals surface area contributed by atoms with Crippen LogP contribution >= 0.6 is 0 Å². The summed E-state index contributed by atoms with van der Waals surface area (Å²) < 4.78 is 15.5. The van der Waals surface area contributed by atoms with Crippen LogP contribution in [0.15, 0.2) is 35.3 Å². The van der Waals surface area contributed by atoms with Crippen LogP contribution in [0.4, 0.5) is 0 Å². The molecule has 0 atom stereocenters. The molecule has 1 aromatic carbocycles. The Morgan fingerprint density at radius 2 is 1.95 bits per heavy atom. The summed E-state index contributed by atoms with van der Waals surface area (Å²) in [6.45, 7) is 0. The Morgan fingerprint density at radius 1 is 1.14 bits per heavy atom. The topological polar surface area (TPSA) is 87.3 Å². The van der Waals surface area contributed by atoms with Crippen molar-refractivity contribution in [2.75, 3.05) is 14.2 Å². The standard InChI is InChI=1S/C14H11N3O4/c1-19-12-8(13-17-5-6-21-13)7-9-11(16-4-3-15-9)10(12)14(18)20-2/h3-7H,1-2H3. The van der Waals surface area contributed by atoms with Gasteiger partial charge in [-0.2, -0.15) is 0 Å². The number of carbonyl (C=O) groups is 1. The van der Waals surface area contributed by atoms with Crippen molar-refractivity contribution in [1.29, 1.82) is 0 Å². The fraction of sp³-hybridized carbons (Fsp3) is 0.143. The van der Waals surface area contributed by atoms with Crippen molar-refractivity contribution < 1.29 is 18.7 Å². The normalized spacial score (nSPS) is 10.6. The van der Waals surface area contributed by atoms with E-state index in [1.54, 1.807) is 6.07 Å². The van der Waals surface area contributed by atoms with Gasteiger partial charge in [0.1, 0.15) is 23.1 Å². The van der Waals surface area contributed by atoms with E-state index >= 15 is 0 Å². The third-order valence-electron chi connectivity index (χ3n) is 2.97. The highest BCUT2D eigenvalue weighted by molar-refractivity contribution is 6.07. The number of hydrogen-bond acceptors (Lipinski definition) is 7. The highest BCUT2D eigenvalue weighted by atomic mass is 16.5. The molecule has 0 fully saturated rings. The van der Waals surface area contributed by atoms with E-state index in [1.165, 1.54) is 39.1 Å². The third kappa shape index (κ3) is 2.08. The van der Waals surface area contributed by atoms with Crippen molar-refractivity contribution >= 4 is 17.0 Å². The quantitative estimate of drug-likeness (QED) is 0.681. The van der Waals surface area contributed by atoms with Crippen molar-refractivity contribution in [3.8, 4) is 17.2 Å². The van der Waals surface area contributed by atoms with E-state index < -0.39 is 5.97 Å². The molecule has 0 aliphatic rings. The number of methoxy groups -OCH3 is 2. The van der Waals surface area contributed by atoms with Crippen LogP contribution in [0.2, 0.25) is 0 Å². The molecule has 0 aliphatic heterocycles. The molecule has 0 spiro atoms. The van der Waals surface area contributed by atoms with Gasteiger partial charge in [-0.1, -0.05) is 0 Å². The van der Waals surface area contributed by atoms with Crippen molar-refractivity contribution in [2.45, 2.75) is 0 Å². The molecule has 0 aliphatic carbocycles. The molecule has 0 saturated carbocycles. The lowest BCUT2D eigenvalue weighted by Crippen LogP contribution is -2.07. The molecule has 7 heteroatoms. The fourth-order valence-corrected chi connectivity index (χ4v) is 2.11. The summed E-state index contributed by atoms with van der Waals surface area (Å²) in [6.07, 6.45) is 5.98. The Hall–Kier alpha value is -2.96. The maximum Gasteiger partial charge on any atom is 0.343 e. The van der Waals surface area contributed by atoms with Crippen molar-refractivity contribution in [3.63, 3.8) is 0 Å². The number of nitrogens with zero attached hydrogens (tertiary/aromatic N) is 3. The lowest BCUT2D eigenvalue weighted by atomic mass is 10.1. The van der Waals surface area contributed by atoms with Gasteiger partial charge in [-0.15, -0.1) is 0 Å². The Bertz CT molecular complexity index is 799. The Labute approximate surface area is 119 Å². The zero-order valence-electron chi connectivity index (χ0n) is 11.4. The maximum atomic E-state index is 12.1. The van der Waals surface area contributed by atoms with Gasteiger partial charge in [0, 0.05) is 12.4 Å². The first-order valence-corrected chi connectivity index (χ1v) is 6.06. The Kier molecular flexibility index (Phi) is 3.23. The largest absolute Gasteiger partial charge is 0.495 e. The van der Waals surface area contributed by atoms with Crippen molar-refractivity contribution in [1.82, 2.24) is 15.0 Å². The van der Waals surface area contributed by atoms with Crippen molar-refractivity contribution in [3.05, 3.63) is 36.5 Å². The van der Waals surface area contributed by atoms with E-state index in [0.717, 1.165) is 0 Å². The molecule has 7 nitrogen and oxygen atoms in total. The first-order chi connectivity index (χ1) is 10.3. The Balaban J connectivity index is 2.41. The van der Waals surface area contributed by atoms with Gasteiger partial charge in [-0.25, -0.2) is 9.78 Å². The van der Waals surface area contributed by atoms with E-state index in [0.29, 0.717) is 22.5 Å². The summed E-state index contributed by atoms with van der Waals surface area (Å²) in [5.41, 5.74) is 1.62. The number of ether oxygens (including phenoxy) is 2. The number of carbonyl (C=O) groups excluding carboxylic acids is 1. The summed E-state index contributed by atoms with van der Waals surface area (Å²) in [5, 5.41) is 0. The van der Waals surface area contributed by atoms with Crippen molar-refractivity contribution in [2.24, 2.45) is 0 Å². The van der Waals surface area contributed by atoms with Crippen LogP contribution in [0.3, 0.4) is 0 Å². The van der Waals surface area contributed by atoms with E-state index in [1.807, 2.05) is 0 Å². The van der Waals surface area contributed by atoms with Gasteiger partial charge in [0.05, 0.1) is 31.5 Å². The second kappa shape index (κ2) is 5.20. The maximum absolute atomic E-state index is 12.1. The predicted molar refractivity (Wildman–Crippen MR) is 72.9 cm³/mol. The van der Waals surface area contributed by atoms with Crippen LogP contribution in [0.5, 0.6) is 5.75 Å². The monoisotopic (exact) mass is 285 g/mol. The zero-order valence-corrected chi connectivity index (χ0v) is 11.4. The predicted octanol–water partition coefficient (Wildman–Crippen LogP) is 2.08. The summed E-state index contributed by atoms with van der Waals surface area (Å²) in [6, 6.07) is 1.71. The van der Waals surface area contributed by atoms with E-state index in [-0.39, 0.29) is 11.3 Å². The molecule has 0 radical (unpaired) electrons. The zero-order chi connectivity index (χ0) is 14.8. The number of aromatic nitrogens is 3. The lowest BCUT2D eigenvalue weighted by molar-refractivity contribution is 0.0599. The first-order valence-electron chi connectivity index (χ1n) is 6.06. The minimum absolute atomic E-state index is 0.193. The molecule has 106 valence electrons. The number of hydrogen-bond donors (Lipinski definition) is 0. The molecule has 0 N–H and O–H groups in total. The molecule has 21 heavy (non-hydrogen) atoms. The van der Waals surface area contributed by atoms with Crippen LogP contribution in [-0.4, -0.2) is 35.1 Å². The minimum Gasteiger partial charge on any atom is -0.495 e. The average Bonchev–Trinajstić information content (AvgIpc) is 3.06. The van der Waals surface area contributed by atoms with Crippen LogP contribution in [0, 0.1) is 0 Å². The van der Waals surface area contributed by atoms with Crippen LogP contribution < -0.4 is 4.74 Å². The first kappa shape index (κ1) is 13.0. The molecule has 0 unspecified atom stereocenters. The summed E-state index contributed by atoms with van der Waals surface area (Å²) in [4.78, 5) is 24.6. The van der Waals surface area contributed by atoms with Gasteiger partial charge in [-0.3, -0.25) is 9.97 Å². The fourth-order valence-electron chi connectivity index (χ4n) is 2.11. The van der Waals surface area contributed by atoms with Gasteiger partial charge in [0.25, 0.3) is 0 Å². The highest BCUT2D eigenvalue weighted by Gasteiger charge is 2.24. The number of fused-ring (bicyclic) bond motifs is 1. The van der Waals surface area contributed by atoms with E-state index in [2.05, 4.69) is 15.0 Å². The Morgan fingerprint density at radius 3 is 2.62 bits per heavy atom. The summed E-state index contributed by atoms with van der Waals surface area (Å²) in [7, 11) is 2.75. The lowest BCUT2D eigenvalue weighted by Gasteiger charge is -2.12. The van der Waals surface area contributed by atoms with Crippen LogP contribution in [0.25, 0.3) is 22.5 Å². The summed E-state index contributed by atoms with van der Waals surface area (Å²) in [5.74, 6) is 0.0487. The van der Waals surface area contributed by atoms with Crippen LogP contribution in [-0.2, 0) is 4.74 Å². The molecular formula is C14H11N3O4. The molecule has 3 aromatic rings.